The topological polar surface area (TPSA) is 65.5 Å². The third-order valence-electron chi connectivity index (χ3n) is 7.64. The van der Waals surface area contributed by atoms with Crippen LogP contribution in [-0.2, 0) is 16.0 Å². The van der Waals surface area contributed by atoms with Crippen LogP contribution >= 0.6 is 11.3 Å². The fraction of sp³-hybridized carbons (Fsp3) is 0.654. The summed E-state index contributed by atoms with van der Waals surface area (Å²) in [5, 5.41) is 4.86. The van der Waals surface area contributed by atoms with Crippen molar-refractivity contribution in [2.24, 2.45) is 11.8 Å². The van der Waals surface area contributed by atoms with Gasteiger partial charge in [-0.2, -0.15) is 0 Å². The Bertz CT molecular complexity index is 937. The summed E-state index contributed by atoms with van der Waals surface area (Å²) in [5.41, 5.74) is 1.06. The molecule has 4 heterocycles. The maximum absolute atomic E-state index is 13.0. The number of aryl methyl sites for hydroxylation is 1. The van der Waals surface area contributed by atoms with Gasteiger partial charge in [0.1, 0.15) is 0 Å². The molecule has 1 N–H and O–H groups in total. The molecule has 5 rings (SSSR count). The molecule has 33 heavy (non-hydrogen) atoms. The van der Waals surface area contributed by atoms with Crippen molar-refractivity contribution in [1.29, 1.82) is 0 Å². The first kappa shape index (κ1) is 22.8. The number of nitrogens with zero attached hydrogens (tertiary/aromatic N) is 3. The number of para-hydroxylation sites is 1. The van der Waals surface area contributed by atoms with Crippen molar-refractivity contribution in [1.82, 2.24) is 20.1 Å². The zero-order valence-electron chi connectivity index (χ0n) is 19.5. The van der Waals surface area contributed by atoms with Crippen LogP contribution in [0.2, 0.25) is 0 Å². The second-order valence-corrected chi connectivity index (χ2v) is 11.2. The van der Waals surface area contributed by atoms with E-state index in [0.29, 0.717) is 42.5 Å². The fourth-order valence-corrected chi connectivity index (χ4v) is 6.89. The number of aromatic nitrogens is 1. The van der Waals surface area contributed by atoms with E-state index in [0.717, 1.165) is 81.8 Å². The van der Waals surface area contributed by atoms with Crippen molar-refractivity contribution in [2.45, 2.75) is 63.8 Å². The maximum atomic E-state index is 13.0. The van der Waals surface area contributed by atoms with E-state index < -0.39 is 0 Å². The predicted molar refractivity (Wildman–Crippen MR) is 132 cm³/mol. The molecule has 0 radical (unpaired) electrons. The van der Waals surface area contributed by atoms with Gasteiger partial charge in [-0.3, -0.25) is 9.59 Å². The summed E-state index contributed by atoms with van der Waals surface area (Å²) in [6.07, 6.45) is 8.54. The lowest BCUT2D eigenvalue weighted by atomic mass is 9.79. The van der Waals surface area contributed by atoms with Crippen molar-refractivity contribution >= 4 is 33.4 Å². The Hall–Kier alpha value is -1.99. The number of benzene rings is 1. The molecule has 0 aliphatic carbocycles. The number of carbonyl (C=O) groups is 2. The van der Waals surface area contributed by atoms with Gasteiger partial charge in [-0.1, -0.05) is 12.1 Å². The van der Waals surface area contributed by atoms with E-state index in [1.54, 1.807) is 11.3 Å². The lowest BCUT2D eigenvalue weighted by Gasteiger charge is -2.46. The monoisotopic (exact) mass is 468 g/mol. The van der Waals surface area contributed by atoms with Gasteiger partial charge in [0.05, 0.1) is 15.2 Å². The van der Waals surface area contributed by atoms with Crippen molar-refractivity contribution in [3.05, 3.63) is 29.3 Å². The number of hydrogen-bond donors (Lipinski definition) is 1. The van der Waals surface area contributed by atoms with Gasteiger partial charge in [0.2, 0.25) is 11.8 Å². The van der Waals surface area contributed by atoms with Gasteiger partial charge < -0.3 is 15.1 Å². The molecule has 3 saturated heterocycles. The molecule has 178 valence electrons. The molecule has 0 saturated carbocycles. The molecule has 3 aliphatic rings. The number of rotatable bonds is 8. The van der Waals surface area contributed by atoms with Crippen molar-refractivity contribution in [3.8, 4) is 0 Å². The van der Waals surface area contributed by atoms with E-state index in [1.807, 2.05) is 11.0 Å². The summed E-state index contributed by atoms with van der Waals surface area (Å²) in [6.45, 7) is 4.65. The summed E-state index contributed by atoms with van der Waals surface area (Å²) in [5.74, 6) is 1.72. The molecule has 3 aliphatic heterocycles. The minimum atomic E-state index is 0.302. The van der Waals surface area contributed by atoms with Gasteiger partial charge >= 0.3 is 0 Å². The molecular formula is C26H36N4O2S. The van der Waals surface area contributed by atoms with Crippen LogP contribution in [0.4, 0.5) is 0 Å². The Balaban J connectivity index is 1.07. The molecule has 1 aromatic heterocycles. The van der Waals surface area contributed by atoms with Crippen LogP contribution in [0.15, 0.2) is 24.3 Å². The third-order valence-corrected chi connectivity index (χ3v) is 8.74. The zero-order chi connectivity index (χ0) is 22.6. The Kier molecular flexibility index (Phi) is 7.26. The molecular weight excluding hydrogens is 432 g/mol. The SMILES string of the molecule is O=C(CCC[C@H]1NC[C@@H]2C[C@@H]1CN(C(=O)CCCc1nc3ccccc3s1)C2)N1CCCC1. The first-order chi connectivity index (χ1) is 16.2. The first-order valence-corrected chi connectivity index (χ1v) is 13.6. The van der Waals surface area contributed by atoms with E-state index >= 15 is 0 Å². The average Bonchev–Trinajstić information content (AvgIpc) is 3.50. The molecule has 2 bridgehead atoms. The lowest BCUT2D eigenvalue weighted by molar-refractivity contribution is -0.135. The van der Waals surface area contributed by atoms with Crippen LogP contribution < -0.4 is 5.32 Å². The highest BCUT2D eigenvalue weighted by atomic mass is 32.1. The minimum absolute atomic E-state index is 0.302. The van der Waals surface area contributed by atoms with Gasteiger partial charge in [0.15, 0.2) is 0 Å². The number of amides is 2. The minimum Gasteiger partial charge on any atom is -0.343 e. The van der Waals surface area contributed by atoms with E-state index in [-0.39, 0.29) is 0 Å². The van der Waals surface area contributed by atoms with Crippen LogP contribution in [0.5, 0.6) is 0 Å². The van der Waals surface area contributed by atoms with E-state index in [2.05, 4.69) is 28.4 Å². The number of nitrogens with one attached hydrogen (secondary N) is 1. The summed E-state index contributed by atoms with van der Waals surface area (Å²) < 4.78 is 1.23. The van der Waals surface area contributed by atoms with Crippen molar-refractivity contribution in [3.63, 3.8) is 0 Å². The average molecular weight is 469 g/mol. The van der Waals surface area contributed by atoms with Gasteiger partial charge in [-0.25, -0.2) is 4.98 Å². The quantitative estimate of drug-likeness (QED) is 0.639. The van der Waals surface area contributed by atoms with Gasteiger partial charge in [0, 0.05) is 45.1 Å². The standard InChI is InChI=1S/C26H36N4O2S/c31-25(29-13-3-4-14-29)11-5-8-21-20-15-19(16-27-21)17-30(18-20)26(32)12-6-10-24-28-22-7-1-2-9-23(22)33-24/h1-2,7,9,19-21,27H,3-6,8,10-18H2/t19-,20+,21+/m0/s1. The highest BCUT2D eigenvalue weighted by Crippen LogP contribution is 2.31. The van der Waals surface area contributed by atoms with Gasteiger partial charge in [-0.05, 0) is 75.5 Å². The van der Waals surface area contributed by atoms with Gasteiger partial charge in [-0.15, -0.1) is 11.3 Å². The van der Waals surface area contributed by atoms with Crippen LogP contribution in [-0.4, -0.2) is 65.4 Å². The Morgan fingerprint density at radius 1 is 1.03 bits per heavy atom. The summed E-state index contributed by atoms with van der Waals surface area (Å²) >= 11 is 1.74. The lowest BCUT2D eigenvalue weighted by Crippen LogP contribution is -2.57. The molecule has 6 nitrogen and oxygen atoms in total. The molecule has 0 spiro atoms. The van der Waals surface area contributed by atoms with Crippen LogP contribution in [0.1, 0.15) is 56.4 Å². The molecule has 1 aromatic carbocycles. The second-order valence-electron chi connectivity index (χ2n) is 10.1. The fourth-order valence-electron chi connectivity index (χ4n) is 5.89. The number of hydrogen-bond acceptors (Lipinski definition) is 5. The normalized spacial score (nSPS) is 25.0. The number of carbonyl (C=O) groups excluding carboxylic acids is 2. The largest absolute Gasteiger partial charge is 0.343 e. The van der Waals surface area contributed by atoms with Crippen LogP contribution in [0, 0.1) is 11.8 Å². The van der Waals surface area contributed by atoms with Crippen LogP contribution in [0.3, 0.4) is 0 Å². The highest BCUT2D eigenvalue weighted by Gasteiger charge is 2.37. The van der Waals surface area contributed by atoms with Crippen LogP contribution in [0.25, 0.3) is 10.2 Å². The highest BCUT2D eigenvalue weighted by molar-refractivity contribution is 7.18. The molecule has 2 aromatic rings. The Labute approximate surface area is 200 Å². The number of piperidine rings is 2. The first-order valence-electron chi connectivity index (χ1n) is 12.8. The zero-order valence-corrected chi connectivity index (χ0v) is 20.3. The number of likely N-dealkylation sites (tertiary alicyclic amines) is 2. The Morgan fingerprint density at radius 3 is 2.67 bits per heavy atom. The summed E-state index contributed by atoms with van der Waals surface area (Å²) in [4.78, 5) is 34.2. The summed E-state index contributed by atoms with van der Waals surface area (Å²) in [7, 11) is 0. The maximum Gasteiger partial charge on any atom is 0.222 e. The van der Waals surface area contributed by atoms with Gasteiger partial charge in [0.25, 0.3) is 0 Å². The van der Waals surface area contributed by atoms with E-state index in [9.17, 15) is 9.59 Å². The predicted octanol–water partition coefficient (Wildman–Crippen LogP) is 3.85. The van der Waals surface area contributed by atoms with E-state index in [4.69, 9.17) is 4.98 Å². The summed E-state index contributed by atoms with van der Waals surface area (Å²) in [6, 6.07) is 8.68. The third kappa shape index (κ3) is 5.57. The van der Waals surface area contributed by atoms with E-state index in [1.165, 1.54) is 11.1 Å². The molecule has 0 unspecified atom stereocenters. The van der Waals surface area contributed by atoms with Crippen molar-refractivity contribution in [2.75, 3.05) is 32.7 Å². The molecule has 3 atom stereocenters. The molecule has 3 fully saturated rings. The Morgan fingerprint density at radius 2 is 1.82 bits per heavy atom. The smallest absolute Gasteiger partial charge is 0.222 e. The molecule has 2 amide bonds. The number of thiazole rings is 1. The molecule has 7 heteroatoms. The number of fused-ring (bicyclic) bond motifs is 3. The van der Waals surface area contributed by atoms with Crippen molar-refractivity contribution < 1.29 is 9.59 Å². The second kappa shape index (κ2) is 10.5.